The lowest BCUT2D eigenvalue weighted by Gasteiger charge is -2.45. The summed E-state index contributed by atoms with van der Waals surface area (Å²) in [5.41, 5.74) is 0. The van der Waals surface area contributed by atoms with Crippen LogP contribution in [0.1, 0.15) is 0 Å². The van der Waals surface area contributed by atoms with Gasteiger partial charge in [0.1, 0.15) is 85.5 Å². The van der Waals surface area contributed by atoms with Gasteiger partial charge in [-0.3, -0.25) is 0 Å². The van der Waals surface area contributed by atoms with E-state index in [9.17, 15) is 61.3 Å². The molecule has 4 saturated heterocycles. The van der Waals surface area contributed by atoms with Gasteiger partial charge in [-0.05, 0) is 0 Å². The average Bonchev–Trinajstić information content (AvgIpc) is 2.95. The van der Waals surface area contributed by atoms with Crippen molar-refractivity contribution >= 4 is 0 Å². The van der Waals surface area contributed by atoms with Crippen LogP contribution in [0.15, 0.2) is 0 Å². The van der Waals surface area contributed by atoms with Crippen LogP contribution >= 0.6 is 0 Å². The van der Waals surface area contributed by atoms with E-state index in [1.165, 1.54) is 0 Å². The fourth-order valence-corrected chi connectivity index (χ4v) is 4.82. The zero-order valence-electron chi connectivity index (χ0n) is 21.4. The molecule has 1 radical (unpaired) electrons. The van der Waals surface area contributed by atoms with Crippen LogP contribution in [0, 0.1) is 0 Å². The highest BCUT2D eigenvalue weighted by Gasteiger charge is 2.52. The molecule has 239 valence electrons. The highest BCUT2D eigenvalue weighted by molar-refractivity contribution is 4.94. The fourth-order valence-electron chi connectivity index (χ4n) is 4.82. The Morgan fingerprint density at radius 1 is 0.561 bits per heavy atom. The Balaban J connectivity index is 1.36. The lowest BCUT2D eigenvalue weighted by molar-refractivity contribution is -0.376. The van der Waals surface area contributed by atoms with Crippen molar-refractivity contribution in [3.63, 3.8) is 0 Å². The van der Waals surface area contributed by atoms with Crippen molar-refractivity contribution in [1.82, 2.24) is 0 Å². The summed E-state index contributed by atoms with van der Waals surface area (Å²) < 4.78 is 37.1. The monoisotopic (exact) mass is 605 g/mol. The second-order valence-electron chi connectivity index (χ2n) is 10.3. The van der Waals surface area contributed by atoms with Crippen LogP contribution in [0.25, 0.3) is 0 Å². The van der Waals surface area contributed by atoms with Gasteiger partial charge >= 0.3 is 0 Å². The molecule has 0 aromatic rings. The predicted molar refractivity (Wildman–Crippen MR) is 120 cm³/mol. The number of aliphatic hydroxyl groups is 11. The zero-order valence-corrected chi connectivity index (χ0v) is 21.4. The molecule has 4 aliphatic heterocycles. The molecule has 0 aromatic carbocycles. The molecule has 4 heterocycles. The maximum Gasteiger partial charge on any atom is 0.221 e. The highest BCUT2D eigenvalue weighted by atomic mass is 16.8. The third-order valence-electron chi connectivity index (χ3n) is 7.38. The Hall–Kier alpha value is -0.760. The molecule has 19 heteroatoms. The van der Waals surface area contributed by atoms with Crippen molar-refractivity contribution < 1.29 is 94.4 Å². The molecule has 0 bridgehead atoms. The Bertz CT molecular complexity index is 822. The summed E-state index contributed by atoms with van der Waals surface area (Å²) in [5, 5.41) is 123. The lowest BCUT2D eigenvalue weighted by Crippen LogP contribution is -2.64. The Morgan fingerprint density at radius 3 is 1.78 bits per heavy atom. The molecule has 1 unspecified atom stereocenters. The normalized spacial score (nSPS) is 53.3. The van der Waals surface area contributed by atoms with E-state index in [4.69, 9.17) is 33.2 Å². The molecule has 19 nitrogen and oxygen atoms in total. The second-order valence-corrected chi connectivity index (χ2v) is 10.3. The number of hydrogen-bond acceptors (Lipinski definition) is 18. The summed E-state index contributed by atoms with van der Waals surface area (Å²) >= 11 is 0. The van der Waals surface area contributed by atoms with Crippen LogP contribution in [0.3, 0.4) is 0 Å². The number of hydrogen-bond donors (Lipinski definition) is 11. The van der Waals surface area contributed by atoms with Crippen LogP contribution in [-0.2, 0) is 38.3 Å². The summed E-state index contributed by atoms with van der Waals surface area (Å²) in [6.45, 7) is -2.27. The molecule has 0 aromatic heterocycles. The maximum atomic E-state index is 12.7. The molecule has 4 rings (SSSR count). The zero-order chi connectivity index (χ0) is 30.2. The quantitative estimate of drug-likeness (QED) is 0.122. The first-order valence-corrected chi connectivity index (χ1v) is 12.9. The van der Waals surface area contributed by atoms with Crippen molar-refractivity contribution in [3.8, 4) is 0 Å². The first kappa shape index (κ1) is 33.1. The van der Waals surface area contributed by atoms with E-state index in [1.54, 1.807) is 0 Å². The minimum absolute atomic E-state index is 0.419. The van der Waals surface area contributed by atoms with Crippen LogP contribution in [-0.4, -0.2) is 193 Å². The first-order valence-electron chi connectivity index (χ1n) is 12.9. The van der Waals surface area contributed by atoms with E-state index in [0.717, 1.165) is 0 Å². The van der Waals surface area contributed by atoms with Gasteiger partial charge in [0.05, 0.1) is 26.4 Å². The van der Waals surface area contributed by atoms with E-state index in [2.05, 4.69) is 0 Å². The number of rotatable bonds is 8. The Morgan fingerprint density at radius 2 is 1.12 bits per heavy atom. The van der Waals surface area contributed by atoms with Crippen molar-refractivity contribution in [3.05, 3.63) is 0 Å². The van der Waals surface area contributed by atoms with Crippen molar-refractivity contribution in [2.24, 2.45) is 0 Å². The van der Waals surface area contributed by atoms with Gasteiger partial charge in [-0.25, -0.2) is 0 Å². The second kappa shape index (κ2) is 13.9. The van der Waals surface area contributed by atoms with Gasteiger partial charge in [0.15, 0.2) is 18.9 Å². The molecule has 0 spiro atoms. The fraction of sp³-hybridized carbons (Fsp3) is 1.00. The summed E-state index contributed by atoms with van der Waals surface area (Å²) in [7, 11) is 0. The average molecular weight is 606 g/mol. The van der Waals surface area contributed by atoms with Crippen LogP contribution in [0.4, 0.5) is 0 Å². The topological polar surface area (TPSA) is 307 Å². The molecular weight excluding hydrogens is 568 g/mol. The first-order chi connectivity index (χ1) is 19.3. The molecule has 4 fully saturated rings. The van der Waals surface area contributed by atoms with Gasteiger partial charge in [0.2, 0.25) is 6.29 Å². The minimum Gasteiger partial charge on any atom is -0.394 e. The Labute approximate surface area is 232 Å². The molecule has 18 atom stereocenters. The SMILES string of the molecule is [O]C1O[C@H](CO[C@@H]2OC[C@H](O)[C@H](O)[C@H]2O[C@@H]2OC[C@@H](O)[C@H](O)[C@H]2O)[C@@H](O)[C@H](O)[C@H]1O[C@@H]1O[C@H](CO)[C@@H](O)[C@H](O)[C@H]1O. The van der Waals surface area contributed by atoms with E-state index in [1.807, 2.05) is 0 Å². The van der Waals surface area contributed by atoms with Gasteiger partial charge in [-0.15, -0.1) is 0 Å². The predicted octanol–water partition coefficient (Wildman–Crippen LogP) is -8.03. The molecule has 41 heavy (non-hydrogen) atoms. The molecule has 0 aliphatic carbocycles. The van der Waals surface area contributed by atoms with Crippen molar-refractivity contribution in [2.75, 3.05) is 26.4 Å². The van der Waals surface area contributed by atoms with Crippen LogP contribution in [0.2, 0.25) is 0 Å². The number of aliphatic hydroxyl groups excluding tert-OH is 11. The highest BCUT2D eigenvalue weighted by Crippen LogP contribution is 2.30. The van der Waals surface area contributed by atoms with Crippen LogP contribution in [0.5, 0.6) is 0 Å². The summed E-state index contributed by atoms with van der Waals surface area (Å²) in [6, 6.07) is 0. The van der Waals surface area contributed by atoms with E-state index in [0.29, 0.717) is 0 Å². The van der Waals surface area contributed by atoms with Gasteiger partial charge in [0, 0.05) is 0 Å². The molecule has 11 N–H and O–H groups in total. The lowest BCUT2D eigenvalue weighted by atomic mass is 9.97. The van der Waals surface area contributed by atoms with Gasteiger partial charge in [-0.2, -0.15) is 5.11 Å². The largest absolute Gasteiger partial charge is 0.394 e. The van der Waals surface area contributed by atoms with E-state index < -0.39 is 137 Å². The molecule has 4 aliphatic rings. The van der Waals surface area contributed by atoms with Gasteiger partial charge in [0.25, 0.3) is 0 Å². The van der Waals surface area contributed by atoms with Crippen LogP contribution < -0.4 is 0 Å². The maximum absolute atomic E-state index is 12.7. The smallest absolute Gasteiger partial charge is 0.221 e. The molecule has 0 amide bonds. The summed E-state index contributed by atoms with van der Waals surface area (Å²) in [4.78, 5) is 0. The third kappa shape index (κ3) is 6.99. The minimum atomic E-state index is -2.21. The third-order valence-corrected chi connectivity index (χ3v) is 7.38. The van der Waals surface area contributed by atoms with Crippen molar-refractivity contribution in [2.45, 2.75) is 111 Å². The molecule has 0 saturated carbocycles. The Kier molecular flexibility index (Phi) is 11.2. The van der Waals surface area contributed by atoms with E-state index in [-0.39, 0.29) is 0 Å². The van der Waals surface area contributed by atoms with Crippen molar-refractivity contribution in [1.29, 1.82) is 0 Å². The standard InChI is InChI=1S/C22H37O19/c23-1-7-11(28)13(30)16(33)21(39-7)40-17-14(31)12(29)8(38-19(17)34)4-37-22-18(10(27)6(25)3-36-22)41-20-15(32)9(26)5(24)2-35-20/h5-33H,1-4H2/t5-,6+,7-,8-,9+,10+,11-,12-,13+,14+,15-,16-,17-,18-,19?,20+,21+,22+/m1/s1. The van der Waals surface area contributed by atoms with E-state index >= 15 is 0 Å². The van der Waals surface area contributed by atoms with Gasteiger partial charge in [-0.1, -0.05) is 0 Å². The van der Waals surface area contributed by atoms with Gasteiger partial charge < -0.3 is 89.3 Å². The summed E-state index contributed by atoms with van der Waals surface area (Å²) in [6.07, 6.45) is -30.4. The number of ether oxygens (including phenoxy) is 7. The summed E-state index contributed by atoms with van der Waals surface area (Å²) in [5.74, 6) is 0. The molecular formula is C22H37O19.